The summed E-state index contributed by atoms with van der Waals surface area (Å²) < 4.78 is 58.4. The predicted octanol–water partition coefficient (Wildman–Crippen LogP) is 6.26. The number of nitrogens with one attached hydrogen (secondary N) is 1. The first-order valence-electron chi connectivity index (χ1n) is 16.1. The van der Waals surface area contributed by atoms with Gasteiger partial charge in [-0.2, -0.15) is 9.97 Å². The third-order valence-corrected chi connectivity index (χ3v) is 9.36. The Morgan fingerprint density at radius 2 is 1.91 bits per heavy atom. The number of ether oxygens (including phenoxy) is 2. The van der Waals surface area contributed by atoms with E-state index in [2.05, 4.69) is 20.2 Å². The first-order valence-corrected chi connectivity index (χ1v) is 16.1. The van der Waals surface area contributed by atoms with Gasteiger partial charge in [-0.25, -0.2) is 13.2 Å². The third-order valence-electron chi connectivity index (χ3n) is 9.36. The largest absolute Gasteiger partial charge is 0.508 e. The molecule has 11 heteroatoms. The Hall–Kier alpha value is -3.70. The lowest BCUT2D eigenvalue weighted by molar-refractivity contribution is -0.0606. The smallest absolute Gasteiger partial charge is 0.319 e. The summed E-state index contributed by atoms with van der Waals surface area (Å²) in [6.45, 7) is 4.32. The lowest BCUT2D eigenvalue weighted by Crippen LogP contribution is -2.50. The summed E-state index contributed by atoms with van der Waals surface area (Å²) in [6, 6.07) is 5.89. The van der Waals surface area contributed by atoms with Gasteiger partial charge in [-0.05, 0) is 91.9 Å². The summed E-state index contributed by atoms with van der Waals surface area (Å²) in [5, 5.41) is 15.2. The summed E-state index contributed by atoms with van der Waals surface area (Å²) in [6.07, 6.45) is 6.11. The van der Waals surface area contributed by atoms with Gasteiger partial charge in [0.1, 0.15) is 34.8 Å². The van der Waals surface area contributed by atoms with Gasteiger partial charge in [-0.3, -0.25) is 4.98 Å². The van der Waals surface area contributed by atoms with Crippen molar-refractivity contribution in [2.45, 2.75) is 70.2 Å². The zero-order chi connectivity index (χ0) is 31.1. The molecule has 0 radical (unpaired) electrons. The quantitative estimate of drug-likeness (QED) is 0.261. The number of pyridine rings is 1. The Morgan fingerprint density at radius 3 is 2.71 bits per heavy atom. The molecule has 2 aromatic carbocycles. The Labute approximate surface area is 260 Å². The third kappa shape index (κ3) is 6.00. The normalized spacial score (nSPS) is 24.0. The summed E-state index contributed by atoms with van der Waals surface area (Å²) in [7, 11) is 0. The summed E-state index contributed by atoms with van der Waals surface area (Å²) in [4.78, 5) is 16.0. The first kappa shape index (κ1) is 30.0. The molecule has 0 aliphatic carbocycles. The van der Waals surface area contributed by atoms with E-state index in [4.69, 9.17) is 14.5 Å². The molecule has 238 valence electrons. The molecule has 3 aliphatic heterocycles. The maximum Gasteiger partial charge on any atom is 0.319 e. The lowest BCUT2D eigenvalue weighted by atomic mass is 9.94. The van der Waals surface area contributed by atoms with E-state index in [1.54, 1.807) is 12.3 Å². The average molecular weight is 622 g/mol. The molecule has 4 aromatic rings. The highest BCUT2D eigenvalue weighted by molar-refractivity contribution is 6.01. The Bertz CT molecular complexity index is 1710. The SMILES string of the molecule is CCc1c(F)ccc2cc(O)cc(-c3ncc4c(N5C[C@H]6CCC[C@@H](C5)O6)nc(OC[C@@H]5CCCNC[C@H](F)C5)nc4c3F)c12. The summed E-state index contributed by atoms with van der Waals surface area (Å²) in [5.74, 6) is -0.712. The monoisotopic (exact) mass is 621 g/mol. The van der Waals surface area contributed by atoms with Crippen molar-refractivity contribution in [2.75, 3.05) is 37.7 Å². The maximum absolute atomic E-state index is 16.8. The van der Waals surface area contributed by atoms with E-state index in [9.17, 15) is 13.9 Å². The van der Waals surface area contributed by atoms with Crippen molar-refractivity contribution in [1.82, 2.24) is 20.3 Å². The van der Waals surface area contributed by atoms with Gasteiger partial charge in [-0.15, -0.1) is 0 Å². The van der Waals surface area contributed by atoms with Crippen LogP contribution in [0.4, 0.5) is 19.0 Å². The van der Waals surface area contributed by atoms with Gasteiger partial charge in [0.2, 0.25) is 0 Å². The van der Waals surface area contributed by atoms with Crippen molar-refractivity contribution in [3.05, 3.63) is 47.7 Å². The molecule has 2 aromatic heterocycles. The standard InChI is InChI=1S/C34H38F3N5O3/c1-2-25-28(36)9-8-20-12-22(43)13-26(29(20)25)31-30(37)32-27(15-39-31)33(42-16-23-6-3-7-24(17-42)45-23)41-34(40-32)44-18-19-5-4-10-38-14-21(35)11-19/h8-9,12-13,15,19,21,23-24,38,43H,2-7,10-11,14,16-18H2,1H3/t19-,21-,23-,24+/m1/s1. The van der Waals surface area contributed by atoms with Gasteiger partial charge < -0.3 is 24.8 Å². The van der Waals surface area contributed by atoms with Gasteiger partial charge in [0, 0.05) is 31.4 Å². The van der Waals surface area contributed by atoms with Crippen LogP contribution in [0.5, 0.6) is 11.8 Å². The van der Waals surface area contributed by atoms with E-state index in [1.165, 1.54) is 18.2 Å². The predicted molar refractivity (Wildman–Crippen MR) is 167 cm³/mol. The van der Waals surface area contributed by atoms with Crippen molar-refractivity contribution in [3.8, 4) is 23.0 Å². The van der Waals surface area contributed by atoms with E-state index < -0.39 is 17.8 Å². The number of hydrogen-bond acceptors (Lipinski definition) is 8. The number of morpholine rings is 1. The van der Waals surface area contributed by atoms with Crippen LogP contribution in [0.25, 0.3) is 32.9 Å². The second-order valence-corrected chi connectivity index (χ2v) is 12.6. The fraction of sp³-hybridized carbons (Fsp3) is 0.500. The van der Waals surface area contributed by atoms with Crippen molar-refractivity contribution < 1.29 is 27.8 Å². The molecular formula is C34H38F3N5O3. The average Bonchev–Trinajstić information content (AvgIpc) is 3.01. The van der Waals surface area contributed by atoms with E-state index in [0.717, 1.165) is 38.6 Å². The molecule has 3 saturated heterocycles. The Morgan fingerprint density at radius 1 is 1.09 bits per heavy atom. The van der Waals surface area contributed by atoms with Gasteiger partial charge in [-0.1, -0.05) is 13.0 Å². The number of phenols is 1. The molecule has 0 unspecified atom stereocenters. The van der Waals surface area contributed by atoms with Gasteiger partial charge in [0.15, 0.2) is 5.82 Å². The van der Waals surface area contributed by atoms with E-state index in [-0.39, 0.29) is 53.3 Å². The highest BCUT2D eigenvalue weighted by atomic mass is 19.1. The van der Waals surface area contributed by atoms with Gasteiger partial charge in [0.05, 0.1) is 24.2 Å². The van der Waals surface area contributed by atoms with Gasteiger partial charge in [0.25, 0.3) is 0 Å². The minimum atomic E-state index is -0.972. The Balaban J connectivity index is 1.34. The van der Waals surface area contributed by atoms with Crippen LogP contribution in [0.15, 0.2) is 30.5 Å². The minimum absolute atomic E-state index is 0.0156. The molecule has 45 heavy (non-hydrogen) atoms. The molecule has 2 N–H and O–H groups in total. The molecule has 7 rings (SSSR count). The second kappa shape index (κ2) is 12.6. The van der Waals surface area contributed by atoms with E-state index in [1.807, 2.05) is 6.92 Å². The Kier molecular flexibility index (Phi) is 8.39. The number of fused-ring (bicyclic) bond motifs is 4. The summed E-state index contributed by atoms with van der Waals surface area (Å²) in [5.41, 5.74) is 0.664. The highest BCUT2D eigenvalue weighted by Gasteiger charge is 2.34. The molecule has 3 aliphatic rings. The minimum Gasteiger partial charge on any atom is -0.508 e. The summed E-state index contributed by atoms with van der Waals surface area (Å²) >= 11 is 0. The number of halogens is 3. The number of alkyl halides is 1. The number of hydrogen-bond donors (Lipinski definition) is 2. The fourth-order valence-corrected chi connectivity index (χ4v) is 7.22. The first-order chi connectivity index (χ1) is 21.9. The molecule has 3 fully saturated rings. The molecular weight excluding hydrogens is 583 g/mol. The van der Waals surface area contributed by atoms with Crippen LogP contribution in [0.1, 0.15) is 51.0 Å². The number of benzene rings is 2. The number of aromatic nitrogens is 3. The fourth-order valence-electron chi connectivity index (χ4n) is 7.22. The maximum atomic E-state index is 16.8. The molecule has 5 heterocycles. The highest BCUT2D eigenvalue weighted by Crippen LogP contribution is 2.40. The molecule has 2 bridgehead atoms. The zero-order valence-corrected chi connectivity index (χ0v) is 25.4. The van der Waals surface area contributed by atoms with Crippen molar-refractivity contribution in [1.29, 1.82) is 0 Å². The topological polar surface area (TPSA) is 92.6 Å². The zero-order valence-electron chi connectivity index (χ0n) is 25.4. The number of phenolic OH excluding ortho intramolecular Hbond substituents is 1. The van der Waals surface area contributed by atoms with Crippen molar-refractivity contribution in [2.24, 2.45) is 5.92 Å². The van der Waals surface area contributed by atoms with E-state index >= 15 is 4.39 Å². The lowest BCUT2D eigenvalue weighted by Gasteiger charge is -2.42. The molecule has 0 spiro atoms. The number of aryl methyl sites for hydroxylation is 1. The second-order valence-electron chi connectivity index (χ2n) is 12.6. The van der Waals surface area contributed by atoms with E-state index in [0.29, 0.717) is 60.0 Å². The molecule has 0 saturated carbocycles. The van der Waals surface area contributed by atoms with Crippen LogP contribution in [0.2, 0.25) is 0 Å². The number of rotatable bonds is 6. The van der Waals surface area contributed by atoms with Crippen LogP contribution in [-0.4, -0.2) is 71.2 Å². The number of anilines is 1. The van der Waals surface area contributed by atoms with Crippen LogP contribution in [0, 0.1) is 17.6 Å². The molecule has 4 atom stereocenters. The molecule has 8 nitrogen and oxygen atoms in total. The van der Waals surface area contributed by atoms with Crippen molar-refractivity contribution in [3.63, 3.8) is 0 Å². The number of nitrogens with zero attached hydrogens (tertiary/aromatic N) is 4. The number of aromatic hydroxyl groups is 1. The van der Waals surface area contributed by atoms with Gasteiger partial charge >= 0.3 is 6.01 Å². The molecule has 0 amide bonds. The van der Waals surface area contributed by atoms with Crippen LogP contribution < -0.4 is 15.0 Å². The van der Waals surface area contributed by atoms with Crippen molar-refractivity contribution >= 4 is 27.5 Å². The van der Waals surface area contributed by atoms with Crippen LogP contribution in [0.3, 0.4) is 0 Å². The van der Waals surface area contributed by atoms with Crippen LogP contribution >= 0.6 is 0 Å². The van der Waals surface area contributed by atoms with Crippen LogP contribution in [-0.2, 0) is 11.2 Å².